The Bertz CT molecular complexity index is 1500. The molecule has 2 heterocycles. The number of hydrogen-bond donors (Lipinski definition) is 2. The molecule has 4 rings (SSSR count). The highest BCUT2D eigenvalue weighted by Gasteiger charge is 2.22. The summed E-state index contributed by atoms with van der Waals surface area (Å²) in [6, 6.07) is 8.64. The number of carbonyl (C=O) groups is 1. The van der Waals surface area contributed by atoms with E-state index in [0.29, 0.717) is 23.1 Å². The molecule has 2 aromatic heterocycles. The van der Waals surface area contributed by atoms with E-state index in [-0.39, 0.29) is 12.4 Å². The van der Waals surface area contributed by atoms with Crippen LogP contribution in [0, 0.1) is 25.1 Å². The van der Waals surface area contributed by atoms with E-state index in [0.717, 1.165) is 17.2 Å². The van der Waals surface area contributed by atoms with Gasteiger partial charge in [0.05, 0.1) is 18.1 Å². The first-order valence-corrected chi connectivity index (χ1v) is 11.2. The molecule has 0 fully saturated rings. The van der Waals surface area contributed by atoms with Crippen molar-refractivity contribution in [3.63, 3.8) is 0 Å². The van der Waals surface area contributed by atoms with Crippen LogP contribution in [-0.2, 0) is 27.9 Å². The third-order valence-electron chi connectivity index (χ3n) is 4.80. The molecule has 0 radical (unpaired) electrons. The number of aromatic nitrogens is 3. The number of hydrogen-bond acceptors (Lipinski definition) is 6. The predicted octanol–water partition coefficient (Wildman–Crippen LogP) is 2.57. The van der Waals surface area contributed by atoms with Gasteiger partial charge in [-0.1, -0.05) is 23.4 Å². The third-order valence-corrected chi connectivity index (χ3v) is 6.18. The zero-order valence-corrected chi connectivity index (χ0v) is 18.2. The van der Waals surface area contributed by atoms with Crippen molar-refractivity contribution in [1.29, 1.82) is 0 Å². The van der Waals surface area contributed by atoms with Crippen LogP contribution in [0.2, 0.25) is 0 Å². The predicted molar refractivity (Wildman–Crippen MR) is 118 cm³/mol. The summed E-state index contributed by atoms with van der Waals surface area (Å²) in [5, 5.41) is 11.1. The van der Waals surface area contributed by atoms with Crippen LogP contribution in [0.25, 0.3) is 11.0 Å². The Labute approximate surface area is 188 Å². The second kappa shape index (κ2) is 8.76. The number of aryl methyl sites for hydroxylation is 1. The molecular formula is C22H18FN5O4S. The summed E-state index contributed by atoms with van der Waals surface area (Å²) in [5.41, 5.74) is 2.69. The number of anilines is 1. The van der Waals surface area contributed by atoms with Crippen LogP contribution in [0.5, 0.6) is 0 Å². The number of terminal acetylenes is 1. The van der Waals surface area contributed by atoms with E-state index in [9.17, 15) is 17.6 Å². The molecular weight excluding hydrogens is 449 g/mol. The van der Waals surface area contributed by atoms with E-state index >= 15 is 0 Å². The van der Waals surface area contributed by atoms with Crippen molar-refractivity contribution in [1.82, 2.24) is 20.3 Å². The molecule has 0 aliphatic heterocycles. The van der Waals surface area contributed by atoms with Crippen LogP contribution in [0.3, 0.4) is 0 Å². The molecule has 0 saturated carbocycles. The van der Waals surface area contributed by atoms with Crippen molar-refractivity contribution in [3.05, 3.63) is 71.3 Å². The van der Waals surface area contributed by atoms with E-state index in [1.807, 2.05) is 12.0 Å². The van der Waals surface area contributed by atoms with Crippen molar-refractivity contribution < 1.29 is 22.1 Å². The fourth-order valence-corrected chi connectivity index (χ4v) is 4.44. The zero-order valence-electron chi connectivity index (χ0n) is 17.4. The Hall–Kier alpha value is -4.17. The first kappa shape index (κ1) is 22.0. The quantitative estimate of drug-likeness (QED) is 0.403. The third kappa shape index (κ3) is 4.70. The van der Waals surface area contributed by atoms with Gasteiger partial charge in [0.25, 0.3) is 15.9 Å². The molecule has 0 spiro atoms. The van der Waals surface area contributed by atoms with Gasteiger partial charge < -0.3 is 9.84 Å². The van der Waals surface area contributed by atoms with E-state index in [4.69, 9.17) is 10.9 Å². The van der Waals surface area contributed by atoms with Crippen LogP contribution < -0.4 is 10.0 Å². The van der Waals surface area contributed by atoms with Crippen LogP contribution in [-0.4, -0.2) is 29.3 Å². The second-order valence-corrected chi connectivity index (χ2v) is 8.88. The normalized spacial score (nSPS) is 11.3. The number of nitrogens with one attached hydrogen (secondary N) is 2. The first-order chi connectivity index (χ1) is 15.8. The molecule has 2 N–H and O–H groups in total. The Morgan fingerprint density at radius 1 is 1.27 bits per heavy atom. The Balaban J connectivity index is 1.55. The summed E-state index contributed by atoms with van der Waals surface area (Å²) >= 11 is 0. The van der Waals surface area contributed by atoms with Gasteiger partial charge in [-0.3, -0.25) is 14.2 Å². The van der Waals surface area contributed by atoms with Gasteiger partial charge in [0.2, 0.25) is 0 Å². The number of halogens is 1. The Kier molecular flexibility index (Phi) is 5.85. The average molecular weight is 467 g/mol. The highest BCUT2D eigenvalue weighted by atomic mass is 32.2. The van der Waals surface area contributed by atoms with Crippen LogP contribution >= 0.6 is 0 Å². The lowest BCUT2D eigenvalue weighted by Gasteiger charge is -2.08. The molecule has 4 aromatic rings. The Morgan fingerprint density at radius 3 is 2.82 bits per heavy atom. The minimum Gasteiger partial charge on any atom is -0.354 e. The van der Waals surface area contributed by atoms with Gasteiger partial charge in [-0.15, -0.1) is 6.42 Å². The van der Waals surface area contributed by atoms with Gasteiger partial charge in [-0.25, -0.2) is 12.8 Å². The van der Waals surface area contributed by atoms with Gasteiger partial charge in [-0.2, -0.15) is 5.10 Å². The van der Waals surface area contributed by atoms with Gasteiger partial charge in [0, 0.05) is 18.3 Å². The Morgan fingerprint density at radius 2 is 2.06 bits per heavy atom. The lowest BCUT2D eigenvalue weighted by atomic mass is 10.1. The van der Waals surface area contributed by atoms with Gasteiger partial charge >= 0.3 is 0 Å². The molecule has 9 nitrogen and oxygen atoms in total. The molecule has 1 amide bonds. The smallest absolute Gasteiger partial charge is 0.295 e. The molecule has 0 unspecified atom stereocenters. The molecule has 0 saturated heterocycles. The topological polar surface area (TPSA) is 119 Å². The molecule has 11 heteroatoms. The maximum Gasteiger partial charge on any atom is 0.295 e. The fourth-order valence-electron chi connectivity index (χ4n) is 3.35. The van der Waals surface area contributed by atoms with E-state index in [1.165, 1.54) is 18.2 Å². The number of sulfonamides is 1. The number of rotatable bonds is 7. The number of fused-ring (bicyclic) bond motifs is 1. The monoisotopic (exact) mass is 467 g/mol. The van der Waals surface area contributed by atoms with Crippen molar-refractivity contribution >= 4 is 32.7 Å². The summed E-state index contributed by atoms with van der Waals surface area (Å²) in [6.07, 6.45) is 8.41. The molecule has 168 valence electrons. The molecule has 0 bridgehead atoms. The van der Waals surface area contributed by atoms with E-state index in [1.54, 1.807) is 30.1 Å². The van der Waals surface area contributed by atoms with E-state index < -0.39 is 26.6 Å². The molecule has 2 aromatic carbocycles. The number of benzene rings is 2. The summed E-state index contributed by atoms with van der Waals surface area (Å²) in [7, 11) is -4.20. The lowest BCUT2D eigenvalue weighted by Crippen LogP contribution is -2.20. The SMILES string of the molecule is C#CC(=O)NCc1cnn(Cc2cc(C)c3c(NS(=O)(=O)c4ccccc4F)noc3c2)c1. The maximum absolute atomic E-state index is 14.0. The summed E-state index contributed by atoms with van der Waals surface area (Å²) < 4.78 is 48.5. The number of amides is 1. The van der Waals surface area contributed by atoms with E-state index in [2.05, 4.69) is 20.3 Å². The summed E-state index contributed by atoms with van der Waals surface area (Å²) in [4.78, 5) is 10.7. The molecule has 0 aliphatic rings. The van der Waals surface area contributed by atoms with Crippen LogP contribution in [0.15, 0.2) is 58.2 Å². The largest absolute Gasteiger partial charge is 0.354 e. The molecule has 0 atom stereocenters. The number of carbonyl (C=O) groups excluding carboxylic acids is 1. The summed E-state index contributed by atoms with van der Waals surface area (Å²) in [6.45, 7) is 2.44. The number of nitrogens with zero attached hydrogens (tertiary/aromatic N) is 3. The van der Waals surface area contributed by atoms with Gasteiger partial charge in [-0.05, 0) is 42.2 Å². The lowest BCUT2D eigenvalue weighted by molar-refractivity contribution is -0.115. The molecule has 33 heavy (non-hydrogen) atoms. The molecule has 0 aliphatic carbocycles. The first-order valence-electron chi connectivity index (χ1n) is 9.69. The second-order valence-electron chi connectivity index (χ2n) is 7.23. The highest BCUT2D eigenvalue weighted by molar-refractivity contribution is 7.92. The van der Waals surface area contributed by atoms with Crippen molar-refractivity contribution in [3.8, 4) is 12.3 Å². The van der Waals surface area contributed by atoms with Crippen molar-refractivity contribution in [2.45, 2.75) is 24.9 Å². The van der Waals surface area contributed by atoms with Crippen LogP contribution in [0.4, 0.5) is 10.2 Å². The van der Waals surface area contributed by atoms with Gasteiger partial charge in [0.15, 0.2) is 11.4 Å². The van der Waals surface area contributed by atoms with Crippen molar-refractivity contribution in [2.75, 3.05) is 4.72 Å². The summed E-state index contributed by atoms with van der Waals surface area (Å²) in [5.74, 6) is 0.583. The minimum atomic E-state index is -4.20. The fraction of sp³-hybridized carbons (Fsp3) is 0.136. The standard InChI is InChI=1S/C22H18FN5O4S/c1-3-20(29)24-10-16-11-25-28(13-16)12-15-8-14(2)21-18(9-15)32-26-22(21)27-33(30,31)19-7-5-4-6-17(19)23/h1,4-9,11,13H,10,12H2,2H3,(H,24,29)(H,26,27). The minimum absolute atomic E-state index is 0.0251. The van der Waals surface area contributed by atoms with Crippen molar-refractivity contribution in [2.24, 2.45) is 0 Å². The average Bonchev–Trinajstić information content (AvgIpc) is 3.39. The highest BCUT2D eigenvalue weighted by Crippen LogP contribution is 2.30. The van der Waals surface area contributed by atoms with Gasteiger partial charge in [0.1, 0.15) is 10.7 Å². The zero-order chi connectivity index (χ0) is 23.6. The van der Waals surface area contributed by atoms with Crippen LogP contribution in [0.1, 0.15) is 16.7 Å². The maximum atomic E-state index is 14.0.